The van der Waals surface area contributed by atoms with Gasteiger partial charge >= 0.3 is 0 Å². The van der Waals surface area contributed by atoms with Crippen molar-refractivity contribution in [3.05, 3.63) is 40.9 Å². The van der Waals surface area contributed by atoms with E-state index in [1.807, 2.05) is 6.92 Å². The Morgan fingerprint density at radius 3 is 2.57 bits per heavy atom. The van der Waals surface area contributed by atoms with Crippen LogP contribution >= 0.6 is 11.3 Å². The Morgan fingerprint density at radius 1 is 1.33 bits per heavy atom. The van der Waals surface area contributed by atoms with Gasteiger partial charge in [0.15, 0.2) is 5.13 Å². The van der Waals surface area contributed by atoms with E-state index in [2.05, 4.69) is 10.3 Å². The number of thiazole rings is 1. The lowest BCUT2D eigenvalue weighted by atomic mass is 10.1. The average molecular weight is 325 g/mol. The first-order valence-electron chi connectivity index (χ1n) is 6.06. The number of rotatable bonds is 4. The molecule has 0 bridgehead atoms. The second kappa shape index (κ2) is 5.82. The van der Waals surface area contributed by atoms with Crippen molar-refractivity contribution in [1.82, 2.24) is 4.98 Å². The van der Waals surface area contributed by atoms with Crippen molar-refractivity contribution in [3.63, 3.8) is 0 Å². The van der Waals surface area contributed by atoms with Crippen LogP contribution in [0.3, 0.4) is 0 Å². The molecule has 0 radical (unpaired) electrons. The molecular weight excluding hydrogens is 310 g/mol. The highest BCUT2D eigenvalue weighted by atomic mass is 32.2. The molecule has 8 heteroatoms. The van der Waals surface area contributed by atoms with Gasteiger partial charge in [-0.15, -0.1) is 11.3 Å². The standard InChI is InChI=1S/C13H15N3O3S2/c1-9-8-14-13(20-9)15-12(17)10-6-4-5-7-11(10)16(2)21(3,18)19/h4-8H,1-3H3,(H,14,15,17). The number of hydrogen-bond acceptors (Lipinski definition) is 5. The fourth-order valence-corrected chi connectivity index (χ4v) is 2.87. The number of anilines is 2. The van der Waals surface area contributed by atoms with Crippen LogP contribution in [0.5, 0.6) is 0 Å². The number of benzene rings is 1. The Labute approximate surface area is 127 Å². The van der Waals surface area contributed by atoms with E-state index >= 15 is 0 Å². The van der Waals surface area contributed by atoms with E-state index in [0.717, 1.165) is 15.4 Å². The van der Waals surface area contributed by atoms with Gasteiger partial charge in [-0.3, -0.25) is 14.4 Å². The molecule has 0 fully saturated rings. The van der Waals surface area contributed by atoms with Gasteiger partial charge in [-0.1, -0.05) is 12.1 Å². The number of para-hydroxylation sites is 1. The quantitative estimate of drug-likeness (QED) is 0.933. The normalized spacial score (nSPS) is 11.2. The molecular formula is C13H15N3O3S2. The molecule has 2 rings (SSSR count). The lowest BCUT2D eigenvalue weighted by Gasteiger charge is -2.19. The van der Waals surface area contributed by atoms with Crippen molar-refractivity contribution in [2.75, 3.05) is 22.9 Å². The zero-order chi connectivity index (χ0) is 15.6. The summed E-state index contributed by atoms with van der Waals surface area (Å²) in [5.74, 6) is -0.393. The van der Waals surface area contributed by atoms with Crippen LogP contribution < -0.4 is 9.62 Å². The number of nitrogens with one attached hydrogen (secondary N) is 1. The Bertz CT molecular complexity index is 768. The minimum Gasteiger partial charge on any atom is -0.298 e. The van der Waals surface area contributed by atoms with Crippen LogP contribution in [0.4, 0.5) is 10.8 Å². The molecule has 1 aromatic heterocycles. The molecule has 21 heavy (non-hydrogen) atoms. The smallest absolute Gasteiger partial charge is 0.259 e. The molecule has 0 saturated heterocycles. The molecule has 0 atom stereocenters. The highest BCUT2D eigenvalue weighted by Crippen LogP contribution is 2.23. The summed E-state index contributed by atoms with van der Waals surface area (Å²) in [5, 5.41) is 3.15. The van der Waals surface area contributed by atoms with Gasteiger partial charge in [0.05, 0.1) is 17.5 Å². The molecule has 112 valence electrons. The third kappa shape index (κ3) is 3.59. The molecule has 0 aliphatic rings. The second-order valence-corrected chi connectivity index (χ2v) is 7.73. The predicted octanol–water partition coefficient (Wildman–Crippen LogP) is 2.10. The van der Waals surface area contributed by atoms with Crippen molar-refractivity contribution >= 4 is 38.1 Å². The van der Waals surface area contributed by atoms with Gasteiger partial charge in [-0.05, 0) is 19.1 Å². The second-order valence-electron chi connectivity index (χ2n) is 4.48. The highest BCUT2D eigenvalue weighted by molar-refractivity contribution is 7.92. The van der Waals surface area contributed by atoms with E-state index in [-0.39, 0.29) is 5.56 Å². The van der Waals surface area contributed by atoms with Crippen LogP contribution in [0.15, 0.2) is 30.5 Å². The van der Waals surface area contributed by atoms with Crippen LogP contribution in [-0.4, -0.2) is 32.6 Å². The molecule has 0 aliphatic heterocycles. The summed E-state index contributed by atoms with van der Waals surface area (Å²) in [6, 6.07) is 6.53. The topological polar surface area (TPSA) is 79.4 Å². The number of amides is 1. The largest absolute Gasteiger partial charge is 0.298 e. The first kappa shape index (κ1) is 15.5. The predicted molar refractivity (Wildman–Crippen MR) is 84.5 cm³/mol. The number of sulfonamides is 1. The summed E-state index contributed by atoms with van der Waals surface area (Å²) in [6.07, 6.45) is 2.75. The molecule has 0 aliphatic carbocycles. The number of aryl methyl sites for hydroxylation is 1. The van der Waals surface area contributed by atoms with E-state index in [9.17, 15) is 13.2 Å². The van der Waals surface area contributed by atoms with Crippen LogP contribution in [0.2, 0.25) is 0 Å². The third-order valence-electron chi connectivity index (χ3n) is 2.83. The summed E-state index contributed by atoms with van der Waals surface area (Å²) >= 11 is 1.36. The lowest BCUT2D eigenvalue weighted by Crippen LogP contribution is -2.27. The molecule has 1 aromatic carbocycles. The van der Waals surface area contributed by atoms with Crippen LogP contribution in [0.1, 0.15) is 15.2 Å². The fraction of sp³-hybridized carbons (Fsp3) is 0.231. The molecule has 1 heterocycles. The van der Waals surface area contributed by atoms with Gasteiger partial charge in [-0.25, -0.2) is 13.4 Å². The number of carbonyl (C=O) groups excluding carboxylic acids is 1. The molecule has 2 aromatic rings. The van der Waals surface area contributed by atoms with Gasteiger partial charge in [0.1, 0.15) is 0 Å². The van der Waals surface area contributed by atoms with Gasteiger partial charge in [-0.2, -0.15) is 0 Å². The Kier molecular flexibility index (Phi) is 4.29. The first-order chi connectivity index (χ1) is 9.79. The Hall–Kier alpha value is -1.93. The van der Waals surface area contributed by atoms with Gasteiger partial charge < -0.3 is 0 Å². The summed E-state index contributed by atoms with van der Waals surface area (Å²) in [7, 11) is -2.03. The Morgan fingerprint density at radius 2 is 2.00 bits per heavy atom. The zero-order valence-electron chi connectivity index (χ0n) is 11.8. The maximum absolute atomic E-state index is 12.3. The van der Waals surface area contributed by atoms with Crippen molar-refractivity contribution < 1.29 is 13.2 Å². The SMILES string of the molecule is Cc1cnc(NC(=O)c2ccccc2N(C)S(C)(=O)=O)s1. The molecule has 1 amide bonds. The Balaban J connectivity index is 2.33. The van der Waals surface area contributed by atoms with Crippen molar-refractivity contribution in [3.8, 4) is 0 Å². The summed E-state index contributed by atoms with van der Waals surface area (Å²) in [4.78, 5) is 17.3. The molecule has 0 spiro atoms. The summed E-state index contributed by atoms with van der Waals surface area (Å²) in [5.41, 5.74) is 0.601. The van der Waals surface area contributed by atoms with Crippen molar-refractivity contribution in [2.24, 2.45) is 0 Å². The van der Waals surface area contributed by atoms with Crippen LogP contribution in [-0.2, 0) is 10.0 Å². The summed E-state index contributed by atoms with van der Waals surface area (Å²) < 4.78 is 24.4. The van der Waals surface area contributed by atoms with E-state index in [4.69, 9.17) is 0 Å². The highest BCUT2D eigenvalue weighted by Gasteiger charge is 2.19. The number of aromatic nitrogens is 1. The molecule has 0 saturated carbocycles. The maximum atomic E-state index is 12.3. The lowest BCUT2D eigenvalue weighted by molar-refractivity contribution is 0.102. The molecule has 6 nitrogen and oxygen atoms in total. The average Bonchev–Trinajstić information content (AvgIpc) is 2.82. The number of nitrogens with zero attached hydrogens (tertiary/aromatic N) is 2. The van der Waals surface area contributed by atoms with Crippen LogP contribution in [0, 0.1) is 6.92 Å². The van der Waals surface area contributed by atoms with Gasteiger partial charge in [0.2, 0.25) is 10.0 Å². The first-order valence-corrected chi connectivity index (χ1v) is 8.72. The fourth-order valence-electron chi connectivity index (χ4n) is 1.70. The number of hydrogen-bond donors (Lipinski definition) is 1. The van der Waals surface area contributed by atoms with Gasteiger partial charge in [0, 0.05) is 18.1 Å². The van der Waals surface area contributed by atoms with E-state index in [0.29, 0.717) is 10.8 Å². The monoisotopic (exact) mass is 325 g/mol. The minimum atomic E-state index is -3.44. The van der Waals surface area contributed by atoms with E-state index in [1.165, 1.54) is 18.4 Å². The zero-order valence-corrected chi connectivity index (χ0v) is 13.5. The number of carbonyl (C=O) groups is 1. The molecule has 1 N–H and O–H groups in total. The van der Waals surface area contributed by atoms with E-state index in [1.54, 1.807) is 30.5 Å². The maximum Gasteiger partial charge on any atom is 0.259 e. The van der Waals surface area contributed by atoms with Gasteiger partial charge in [0.25, 0.3) is 5.91 Å². The minimum absolute atomic E-state index is 0.276. The van der Waals surface area contributed by atoms with Crippen molar-refractivity contribution in [1.29, 1.82) is 0 Å². The third-order valence-corrected chi connectivity index (χ3v) is 4.85. The van der Waals surface area contributed by atoms with Crippen molar-refractivity contribution in [2.45, 2.75) is 6.92 Å². The van der Waals surface area contributed by atoms with E-state index < -0.39 is 15.9 Å². The summed E-state index contributed by atoms with van der Waals surface area (Å²) in [6.45, 7) is 1.89. The van der Waals surface area contributed by atoms with Crippen LogP contribution in [0.25, 0.3) is 0 Å². The molecule has 0 unspecified atom stereocenters.